The van der Waals surface area contributed by atoms with Crippen LogP contribution in [0.3, 0.4) is 0 Å². The van der Waals surface area contributed by atoms with Gasteiger partial charge in [0.15, 0.2) is 0 Å². The molecule has 0 saturated heterocycles. The zero-order valence-electron chi connectivity index (χ0n) is 8.00. The van der Waals surface area contributed by atoms with Crippen molar-refractivity contribution in [3.05, 3.63) is 35.6 Å². The van der Waals surface area contributed by atoms with Gasteiger partial charge in [-0.05, 0) is 24.6 Å². The van der Waals surface area contributed by atoms with Gasteiger partial charge in [0.25, 0.3) is 0 Å². The van der Waals surface area contributed by atoms with E-state index in [2.05, 4.69) is 0 Å². The van der Waals surface area contributed by atoms with Gasteiger partial charge >= 0.3 is 0 Å². The third kappa shape index (κ3) is 3.15. The van der Waals surface area contributed by atoms with Crippen LogP contribution < -0.4 is 0 Å². The summed E-state index contributed by atoms with van der Waals surface area (Å²) in [5.41, 5.74) is -0.382. The third-order valence-electron chi connectivity index (χ3n) is 1.93. The summed E-state index contributed by atoms with van der Waals surface area (Å²) < 4.78 is 12.8. The maximum atomic E-state index is 12.8. The van der Waals surface area contributed by atoms with Crippen LogP contribution in [0.25, 0.3) is 0 Å². The van der Waals surface area contributed by atoms with Crippen LogP contribution >= 0.6 is 0 Å². The average molecular weight is 193 g/mol. The van der Waals surface area contributed by atoms with Crippen molar-refractivity contribution in [1.82, 2.24) is 0 Å². The van der Waals surface area contributed by atoms with E-state index in [9.17, 15) is 9.50 Å². The Morgan fingerprint density at radius 3 is 2.86 bits per heavy atom. The van der Waals surface area contributed by atoms with Gasteiger partial charge in [-0.2, -0.15) is 5.26 Å². The van der Waals surface area contributed by atoms with Crippen LogP contribution in [-0.2, 0) is 6.42 Å². The molecule has 0 aromatic heterocycles. The van der Waals surface area contributed by atoms with Crippen LogP contribution in [0, 0.1) is 17.1 Å². The van der Waals surface area contributed by atoms with Crippen LogP contribution in [0.5, 0.6) is 0 Å². The molecule has 1 aromatic rings. The molecule has 0 saturated carbocycles. The van der Waals surface area contributed by atoms with Gasteiger partial charge in [-0.1, -0.05) is 12.1 Å². The van der Waals surface area contributed by atoms with Crippen molar-refractivity contribution in [2.45, 2.75) is 25.4 Å². The molecule has 1 N–H and O–H groups in total. The van der Waals surface area contributed by atoms with Crippen molar-refractivity contribution in [1.29, 1.82) is 5.26 Å². The molecular weight excluding hydrogens is 181 g/mol. The van der Waals surface area contributed by atoms with Crippen LogP contribution in [0.15, 0.2) is 24.3 Å². The van der Waals surface area contributed by atoms with Crippen molar-refractivity contribution in [2.75, 3.05) is 0 Å². The minimum absolute atomic E-state index is 0.0452. The van der Waals surface area contributed by atoms with Gasteiger partial charge < -0.3 is 5.11 Å². The largest absolute Gasteiger partial charge is 0.389 e. The maximum Gasteiger partial charge on any atom is 0.123 e. The highest BCUT2D eigenvalue weighted by atomic mass is 19.1. The molecule has 1 atom stereocenters. The Morgan fingerprint density at radius 2 is 2.29 bits per heavy atom. The summed E-state index contributed by atoms with van der Waals surface area (Å²) in [5, 5.41) is 18.2. The lowest BCUT2D eigenvalue weighted by atomic mass is 9.94. The molecular formula is C11H12FNO. The first-order valence-corrected chi connectivity index (χ1v) is 4.37. The van der Waals surface area contributed by atoms with E-state index < -0.39 is 5.60 Å². The Morgan fingerprint density at radius 1 is 1.57 bits per heavy atom. The molecule has 74 valence electrons. The highest BCUT2D eigenvalue weighted by molar-refractivity contribution is 5.18. The Kier molecular flexibility index (Phi) is 3.21. The van der Waals surface area contributed by atoms with E-state index in [1.165, 1.54) is 12.1 Å². The normalized spacial score (nSPS) is 14.4. The van der Waals surface area contributed by atoms with Crippen LogP contribution in [0.2, 0.25) is 0 Å². The Labute approximate surface area is 82.6 Å². The van der Waals surface area contributed by atoms with Gasteiger partial charge in [-0.25, -0.2) is 4.39 Å². The molecule has 0 amide bonds. The lowest BCUT2D eigenvalue weighted by Gasteiger charge is -2.19. The fraction of sp³-hybridized carbons (Fsp3) is 0.364. The maximum absolute atomic E-state index is 12.8. The number of aliphatic hydroxyl groups is 1. The second-order valence-corrected chi connectivity index (χ2v) is 3.64. The summed E-state index contributed by atoms with van der Waals surface area (Å²) in [5.74, 6) is -0.324. The SMILES string of the molecule is CC(O)(CC#N)Cc1cccc(F)c1. The summed E-state index contributed by atoms with van der Waals surface area (Å²) in [6.07, 6.45) is 0.335. The van der Waals surface area contributed by atoms with Crippen molar-refractivity contribution < 1.29 is 9.50 Å². The lowest BCUT2D eigenvalue weighted by molar-refractivity contribution is 0.0654. The predicted molar refractivity (Wildman–Crippen MR) is 51.0 cm³/mol. The summed E-state index contributed by atoms with van der Waals surface area (Å²) >= 11 is 0. The highest BCUT2D eigenvalue weighted by Gasteiger charge is 2.20. The van der Waals surface area contributed by atoms with Crippen molar-refractivity contribution in [2.24, 2.45) is 0 Å². The summed E-state index contributed by atoms with van der Waals surface area (Å²) in [6, 6.07) is 7.94. The number of nitriles is 1. The van der Waals surface area contributed by atoms with E-state index in [-0.39, 0.29) is 18.7 Å². The first-order valence-electron chi connectivity index (χ1n) is 4.37. The van der Waals surface area contributed by atoms with Gasteiger partial charge in [-0.15, -0.1) is 0 Å². The number of hydrogen-bond acceptors (Lipinski definition) is 2. The molecule has 1 rings (SSSR count). The molecule has 0 spiro atoms. The second-order valence-electron chi connectivity index (χ2n) is 3.64. The van der Waals surface area contributed by atoms with E-state index in [4.69, 9.17) is 5.26 Å². The molecule has 3 heteroatoms. The molecule has 1 unspecified atom stereocenters. The monoisotopic (exact) mass is 193 g/mol. The van der Waals surface area contributed by atoms with Crippen molar-refractivity contribution >= 4 is 0 Å². The van der Waals surface area contributed by atoms with Crippen LogP contribution in [-0.4, -0.2) is 10.7 Å². The summed E-state index contributed by atoms with van der Waals surface area (Å²) in [7, 11) is 0. The fourth-order valence-electron chi connectivity index (χ4n) is 1.32. The molecule has 2 nitrogen and oxygen atoms in total. The molecule has 0 radical (unpaired) electrons. The molecule has 0 heterocycles. The Bertz CT molecular complexity index is 355. The fourth-order valence-corrected chi connectivity index (χ4v) is 1.32. The summed E-state index contributed by atoms with van der Waals surface area (Å²) in [4.78, 5) is 0. The Balaban J connectivity index is 2.74. The third-order valence-corrected chi connectivity index (χ3v) is 1.93. The predicted octanol–water partition coefficient (Wildman–Crippen LogP) is 2.03. The zero-order valence-corrected chi connectivity index (χ0v) is 8.00. The molecule has 14 heavy (non-hydrogen) atoms. The molecule has 0 fully saturated rings. The molecule has 0 aliphatic heterocycles. The topological polar surface area (TPSA) is 44.0 Å². The smallest absolute Gasteiger partial charge is 0.123 e. The minimum atomic E-state index is -1.08. The van der Waals surface area contributed by atoms with Gasteiger partial charge in [-0.3, -0.25) is 0 Å². The number of hydrogen-bond donors (Lipinski definition) is 1. The molecule has 0 aliphatic rings. The van der Waals surface area contributed by atoms with Gasteiger partial charge in [0.1, 0.15) is 5.82 Å². The summed E-state index contributed by atoms with van der Waals surface area (Å²) in [6.45, 7) is 1.57. The number of rotatable bonds is 3. The van der Waals surface area contributed by atoms with E-state index >= 15 is 0 Å². The quantitative estimate of drug-likeness (QED) is 0.798. The second kappa shape index (κ2) is 4.21. The van der Waals surface area contributed by atoms with E-state index in [1.807, 2.05) is 6.07 Å². The van der Waals surface area contributed by atoms with Crippen molar-refractivity contribution in [3.8, 4) is 6.07 Å². The molecule has 0 bridgehead atoms. The first kappa shape index (κ1) is 10.7. The lowest BCUT2D eigenvalue weighted by Crippen LogP contribution is -2.26. The standard InChI is InChI=1S/C11H12FNO/c1-11(14,5-6-13)8-9-3-2-4-10(12)7-9/h2-4,7,14H,5,8H2,1H3. The Hall–Kier alpha value is -1.40. The highest BCUT2D eigenvalue weighted by Crippen LogP contribution is 2.16. The number of halogens is 1. The zero-order chi connectivity index (χ0) is 10.6. The van der Waals surface area contributed by atoms with E-state index in [0.717, 1.165) is 0 Å². The number of benzene rings is 1. The average Bonchev–Trinajstić information content (AvgIpc) is 2.02. The number of nitrogens with zero attached hydrogens (tertiary/aromatic N) is 1. The van der Waals surface area contributed by atoms with E-state index in [1.54, 1.807) is 19.1 Å². The van der Waals surface area contributed by atoms with Crippen molar-refractivity contribution in [3.63, 3.8) is 0 Å². The van der Waals surface area contributed by atoms with Crippen LogP contribution in [0.1, 0.15) is 18.9 Å². The van der Waals surface area contributed by atoms with Crippen LogP contribution in [0.4, 0.5) is 4.39 Å². The van der Waals surface area contributed by atoms with Gasteiger partial charge in [0.2, 0.25) is 0 Å². The van der Waals surface area contributed by atoms with Gasteiger partial charge in [0, 0.05) is 6.42 Å². The van der Waals surface area contributed by atoms with E-state index in [0.29, 0.717) is 5.56 Å². The minimum Gasteiger partial charge on any atom is -0.389 e. The van der Waals surface area contributed by atoms with Gasteiger partial charge in [0.05, 0.1) is 18.1 Å². The molecule has 1 aromatic carbocycles. The first-order chi connectivity index (χ1) is 6.53. The molecule has 0 aliphatic carbocycles.